The topological polar surface area (TPSA) is 75.2 Å². The van der Waals surface area contributed by atoms with Crippen molar-refractivity contribution in [3.05, 3.63) is 18.2 Å². The molecule has 0 saturated heterocycles. The Bertz CT molecular complexity index is 511. The van der Waals surface area contributed by atoms with Gasteiger partial charge in [0.05, 0.1) is 18.1 Å². The maximum atomic E-state index is 12.1. The van der Waals surface area contributed by atoms with Gasteiger partial charge in [0.2, 0.25) is 0 Å². The summed E-state index contributed by atoms with van der Waals surface area (Å²) in [6, 6.07) is -0.370. The number of nitrogens with zero attached hydrogens (tertiary/aromatic N) is 3. The molecule has 2 atom stereocenters. The normalized spacial score (nSPS) is 14.4. The summed E-state index contributed by atoms with van der Waals surface area (Å²) < 4.78 is 11.2. The second-order valence-corrected chi connectivity index (χ2v) is 7.66. The fourth-order valence-corrected chi connectivity index (χ4v) is 2.55. The third-order valence-electron chi connectivity index (χ3n) is 3.03. The van der Waals surface area contributed by atoms with Crippen molar-refractivity contribution in [2.45, 2.75) is 39.2 Å². The van der Waals surface area contributed by atoms with Gasteiger partial charge in [0.1, 0.15) is 5.82 Å². The number of urea groups is 1. The monoisotopic (exact) mass is 312 g/mol. The maximum absolute atomic E-state index is 12.1. The van der Waals surface area contributed by atoms with E-state index in [2.05, 4.69) is 15.3 Å². The van der Waals surface area contributed by atoms with E-state index in [1.54, 1.807) is 25.7 Å². The van der Waals surface area contributed by atoms with Crippen molar-refractivity contribution in [3.63, 3.8) is 0 Å². The molecule has 0 aliphatic carbocycles. The van der Waals surface area contributed by atoms with Crippen LogP contribution in [0, 0.1) is 0 Å². The van der Waals surface area contributed by atoms with E-state index in [0.717, 1.165) is 5.82 Å². The highest BCUT2D eigenvalue weighted by molar-refractivity contribution is 7.84. The third kappa shape index (κ3) is 5.41. The predicted octanol–water partition coefficient (Wildman–Crippen LogP) is 2.00. The Morgan fingerprint density at radius 3 is 2.33 bits per heavy atom. The number of amides is 2. The molecule has 0 spiro atoms. The summed E-state index contributed by atoms with van der Waals surface area (Å²) >= 11 is 0. The summed E-state index contributed by atoms with van der Waals surface area (Å²) in [4.78, 5) is 22.1. The molecule has 21 heavy (non-hydrogen) atoms. The number of nitrogens with one attached hydrogen (secondary N) is 1. The lowest BCUT2D eigenvalue weighted by atomic mass is 9.96. The molecule has 0 aliphatic rings. The van der Waals surface area contributed by atoms with E-state index in [-0.39, 0.29) is 17.5 Å². The summed E-state index contributed by atoms with van der Waals surface area (Å²) in [7, 11) is 0.739. The molecule has 7 heteroatoms. The smallest absolute Gasteiger partial charge is 0.321 e. The molecule has 1 heterocycles. The fourth-order valence-electron chi connectivity index (χ4n) is 1.64. The van der Waals surface area contributed by atoms with Crippen LogP contribution in [0.3, 0.4) is 0 Å². The van der Waals surface area contributed by atoms with Crippen molar-refractivity contribution in [2.75, 3.05) is 24.4 Å². The molecular formula is C14H24N4O2S. The van der Waals surface area contributed by atoms with Crippen LogP contribution < -0.4 is 5.32 Å². The zero-order valence-corrected chi connectivity index (χ0v) is 14.3. The average Bonchev–Trinajstić information content (AvgIpc) is 2.36. The van der Waals surface area contributed by atoms with Crippen LogP contribution in [-0.2, 0) is 16.2 Å². The number of hydrogen-bond donors (Lipinski definition) is 1. The minimum absolute atomic E-state index is 0.106. The van der Waals surface area contributed by atoms with Gasteiger partial charge in [-0.1, -0.05) is 20.8 Å². The highest BCUT2D eigenvalue weighted by Crippen LogP contribution is 2.18. The number of anilines is 1. The van der Waals surface area contributed by atoms with E-state index in [9.17, 15) is 9.00 Å². The molecule has 2 amide bonds. The first-order chi connectivity index (χ1) is 9.61. The Morgan fingerprint density at radius 2 is 1.90 bits per heavy atom. The summed E-state index contributed by atoms with van der Waals surface area (Å²) in [5, 5.41) is 2.74. The van der Waals surface area contributed by atoms with Gasteiger partial charge < -0.3 is 10.2 Å². The van der Waals surface area contributed by atoms with E-state index in [4.69, 9.17) is 0 Å². The molecule has 0 radical (unpaired) electrons. The fraction of sp³-hybridized carbons (Fsp3) is 0.643. The minimum atomic E-state index is -0.939. The Hall–Kier alpha value is -1.50. The van der Waals surface area contributed by atoms with Crippen LogP contribution in [-0.4, -0.2) is 50.2 Å². The van der Waals surface area contributed by atoms with Gasteiger partial charge in [0.15, 0.2) is 0 Å². The molecule has 0 saturated carbocycles. The maximum Gasteiger partial charge on any atom is 0.321 e. The first kappa shape index (κ1) is 17.6. The molecule has 1 aromatic heterocycles. The molecule has 0 aliphatic heterocycles. The molecule has 1 aromatic rings. The Morgan fingerprint density at radius 1 is 1.38 bits per heavy atom. The van der Waals surface area contributed by atoms with E-state index in [1.807, 2.05) is 27.7 Å². The first-order valence-corrected chi connectivity index (χ1v) is 8.50. The number of rotatable bonds is 4. The quantitative estimate of drug-likeness (QED) is 0.922. The first-order valence-electron chi connectivity index (χ1n) is 6.77. The molecule has 6 nitrogen and oxygen atoms in total. The van der Waals surface area contributed by atoms with Crippen LogP contribution in [0.25, 0.3) is 0 Å². The second-order valence-electron chi connectivity index (χ2n) is 6.18. The number of aromatic nitrogens is 2. The van der Waals surface area contributed by atoms with Gasteiger partial charge >= 0.3 is 6.03 Å². The van der Waals surface area contributed by atoms with Crippen molar-refractivity contribution in [1.82, 2.24) is 14.9 Å². The highest BCUT2D eigenvalue weighted by Gasteiger charge is 2.19. The molecule has 0 fully saturated rings. The van der Waals surface area contributed by atoms with Crippen LogP contribution in [0.2, 0.25) is 0 Å². The van der Waals surface area contributed by atoms with E-state index in [1.165, 1.54) is 4.90 Å². The van der Waals surface area contributed by atoms with E-state index >= 15 is 0 Å². The second kappa shape index (κ2) is 6.98. The zero-order chi connectivity index (χ0) is 16.2. The molecule has 0 unspecified atom stereocenters. The van der Waals surface area contributed by atoms with Gasteiger partial charge in [-0.05, 0) is 6.92 Å². The van der Waals surface area contributed by atoms with Crippen LogP contribution in [0.5, 0.6) is 0 Å². The van der Waals surface area contributed by atoms with Crippen molar-refractivity contribution in [1.29, 1.82) is 0 Å². The molecule has 0 bridgehead atoms. The molecule has 118 valence electrons. The van der Waals surface area contributed by atoms with Crippen molar-refractivity contribution in [2.24, 2.45) is 0 Å². The van der Waals surface area contributed by atoms with E-state index < -0.39 is 10.8 Å². The number of carbonyl (C=O) groups excluding carboxylic acids is 1. The molecule has 0 aromatic carbocycles. The van der Waals surface area contributed by atoms with Crippen LogP contribution in [0.4, 0.5) is 10.5 Å². The van der Waals surface area contributed by atoms with Gasteiger partial charge in [0.25, 0.3) is 0 Å². The van der Waals surface area contributed by atoms with Gasteiger partial charge in [-0.15, -0.1) is 0 Å². The molecule has 1 N–H and O–H groups in total. The zero-order valence-electron chi connectivity index (χ0n) is 13.5. The van der Waals surface area contributed by atoms with Crippen LogP contribution >= 0.6 is 0 Å². The standard InChI is InChI=1S/C14H24N4O2S/c1-10(9-21(6)20)18(5)13(19)17-11-7-15-12(16-8-11)14(2,3)4/h7-8,10H,9H2,1-6H3,(H,17,19)/t10-,21+/m1/s1. The predicted molar refractivity (Wildman–Crippen MR) is 85.9 cm³/mol. The summed E-state index contributed by atoms with van der Waals surface area (Å²) in [6.45, 7) is 7.95. The third-order valence-corrected chi connectivity index (χ3v) is 3.98. The Balaban J connectivity index is 2.68. The Kier molecular flexibility index (Phi) is 5.83. The van der Waals surface area contributed by atoms with Crippen molar-refractivity contribution >= 4 is 22.5 Å². The average molecular weight is 312 g/mol. The minimum Gasteiger partial charge on any atom is -0.324 e. The Labute approximate surface area is 128 Å². The summed E-state index contributed by atoms with van der Waals surface area (Å²) in [5.74, 6) is 1.17. The SMILES string of the molecule is C[C@H](C[S@](C)=O)N(C)C(=O)Nc1cnc(C(C)(C)C)nc1. The van der Waals surface area contributed by atoms with Gasteiger partial charge in [-0.2, -0.15) is 0 Å². The van der Waals surface area contributed by atoms with Gasteiger partial charge in [-0.3, -0.25) is 4.21 Å². The summed E-state index contributed by atoms with van der Waals surface area (Å²) in [5.41, 5.74) is 0.420. The van der Waals surface area contributed by atoms with Gasteiger partial charge in [0, 0.05) is 41.3 Å². The lowest BCUT2D eigenvalue weighted by molar-refractivity contribution is 0.212. The number of carbonyl (C=O) groups is 1. The largest absolute Gasteiger partial charge is 0.324 e. The van der Waals surface area contributed by atoms with Crippen LogP contribution in [0.15, 0.2) is 12.4 Å². The molecule has 1 rings (SSSR count). The van der Waals surface area contributed by atoms with E-state index in [0.29, 0.717) is 11.4 Å². The van der Waals surface area contributed by atoms with Crippen LogP contribution in [0.1, 0.15) is 33.5 Å². The lowest BCUT2D eigenvalue weighted by Gasteiger charge is -2.24. The lowest BCUT2D eigenvalue weighted by Crippen LogP contribution is -2.41. The van der Waals surface area contributed by atoms with Crippen molar-refractivity contribution < 1.29 is 9.00 Å². The van der Waals surface area contributed by atoms with Crippen molar-refractivity contribution in [3.8, 4) is 0 Å². The summed E-state index contributed by atoms with van der Waals surface area (Å²) in [6.07, 6.45) is 4.82. The number of hydrogen-bond acceptors (Lipinski definition) is 4. The molecular weight excluding hydrogens is 288 g/mol. The van der Waals surface area contributed by atoms with Gasteiger partial charge in [-0.25, -0.2) is 14.8 Å². The highest BCUT2D eigenvalue weighted by atomic mass is 32.2.